The number of H-pyrrole nitrogens is 1. The highest BCUT2D eigenvalue weighted by Crippen LogP contribution is 2.25. The standard InChI is InChI=1S/C15H14ClN3O2S2/c16-11-3-5-12(6-4-11)23(20,21)19-8-7-13-15(18-10-17-13)14-2-1-9-22-14/h1-6,9-10,19H,7-8H2,(H,17,18). The van der Waals surface area contributed by atoms with Gasteiger partial charge in [-0.15, -0.1) is 11.3 Å². The zero-order valence-corrected chi connectivity index (χ0v) is 14.4. The second-order valence-corrected chi connectivity index (χ2v) is 7.96. The van der Waals surface area contributed by atoms with E-state index in [0.29, 0.717) is 11.4 Å². The molecule has 120 valence electrons. The van der Waals surface area contributed by atoms with Crippen molar-refractivity contribution in [2.24, 2.45) is 0 Å². The maximum absolute atomic E-state index is 12.2. The summed E-state index contributed by atoms with van der Waals surface area (Å²) in [5.41, 5.74) is 1.77. The van der Waals surface area contributed by atoms with Crippen LogP contribution in [0.3, 0.4) is 0 Å². The zero-order chi connectivity index (χ0) is 16.3. The van der Waals surface area contributed by atoms with Crippen molar-refractivity contribution in [1.29, 1.82) is 0 Å². The summed E-state index contributed by atoms with van der Waals surface area (Å²) in [6.07, 6.45) is 2.15. The van der Waals surface area contributed by atoms with Crippen molar-refractivity contribution in [1.82, 2.24) is 14.7 Å². The van der Waals surface area contributed by atoms with Crippen LogP contribution >= 0.6 is 22.9 Å². The fourth-order valence-electron chi connectivity index (χ4n) is 2.14. The van der Waals surface area contributed by atoms with E-state index < -0.39 is 10.0 Å². The van der Waals surface area contributed by atoms with E-state index in [1.165, 1.54) is 12.1 Å². The Bertz CT molecular complexity index is 872. The first kappa shape index (κ1) is 16.2. The Morgan fingerprint density at radius 3 is 2.70 bits per heavy atom. The Labute approximate surface area is 143 Å². The summed E-state index contributed by atoms with van der Waals surface area (Å²) in [6, 6.07) is 10.0. The Morgan fingerprint density at radius 2 is 2.00 bits per heavy atom. The summed E-state index contributed by atoms with van der Waals surface area (Å²) in [5.74, 6) is 0. The average Bonchev–Trinajstić information content (AvgIpc) is 3.18. The number of benzene rings is 1. The van der Waals surface area contributed by atoms with E-state index in [0.717, 1.165) is 16.3 Å². The number of sulfonamides is 1. The lowest BCUT2D eigenvalue weighted by Crippen LogP contribution is -2.26. The number of nitrogens with one attached hydrogen (secondary N) is 2. The number of rotatable bonds is 6. The van der Waals surface area contributed by atoms with Gasteiger partial charge in [-0.05, 0) is 35.7 Å². The molecular weight excluding hydrogens is 354 g/mol. The maximum atomic E-state index is 12.2. The first-order chi connectivity index (χ1) is 11.1. The fraction of sp³-hybridized carbons (Fsp3) is 0.133. The Kier molecular flexibility index (Phi) is 4.82. The third kappa shape index (κ3) is 3.81. The summed E-state index contributed by atoms with van der Waals surface area (Å²) in [5, 5.41) is 2.49. The first-order valence-electron chi connectivity index (χ1n) is 6.87. The van der Waals surface area contributed by atoms with Gasteiger partial charge in [0.05, 0.1) is 16.1 Å². The Morgan fingerprint density at radius 1 is 1.22 bits per heavy atom. The van der Waals surface area contributed by atoms with Crippen molar-refractivity contribution in [2.45, 2.75) is 11.3 Å². The van der Waals surface area contributed by atoms with Gasteiger partial charge in [0.15, 0.2) is 0 Å². The third-order valence-electron chi connectivity index (χ3n) is 3.26. The predicted octanol–water partition coefficient (Wildman–Crippen LogP) is 3.31. The highest BCUT2D eigenvalue weighted by Gasteiger charge is 2.14. The molecule has 0 bridgehead atoms. The largest absolute Gasteiger partial charge is 0.348 e. The minimum atomic E-state index is -3.54. The molecule has 0 saturated carbocycles. The van der Waals surface area contributed by atoms with Crippen LogP contribution in [0, 0.1) is 0 Å². The van der Waals surface area contributed by atoms with E-state index in [1.807, 2.05) is 17.5 Å². The molecule has 0 aliphatic heterocycles. The van der Waals surface area contributed by atoms with E-state index in [2.05, 4.69) is 14.7 Å². The van der Waals surface area contributed by atoms with Gasteiger partial charge in [-0.3, -0.25) is 0 Å². The highest BCUT2D eigenvalue weighted by atomic mass is 35.5. The van der Waals surface area contributed by atoms with E-state index in [4.69, 9.17) is 11.6 Å². The van der Waals surface area contributed by atoms with Crippen LogP contribution in [0.4, 0.5) is 0 Å². The van der Waals surface area contributed by atoms with Crippen molar-refractivity contribution in [2.75, 3.05) is 6.54 Å². The molecule has 0 aliphatic carbocycles. The van der Waals surface area contributed by atoms with Crippen LogP contribution in [-0.2, 0) is 16.4 Å². The van der Waals surface area contributed by atoms with E-state index in [9.17, 15) is 8.42 Å². The quantitative estimate of drug-likeness (QED) is 0.701. The van der Waals surface area contributed by atoms with Gasteiger partial charge in [0.25, 0.3) is 0 Å². The minimum absolute atomic E-state index is 0.199. The highest BCUT2D eigenvalue weighted by molar-refractivity contribution is 7.89. The SMILES string of the molecule is O=S(=O)(NCCc1[nH]cnc1-c1cccs1)c1ccc(Cl)cc1. The molecule has 3 rings (SSSR count). The smallest absolute Gasteiger partial charge is 0.240 e. The van der Waals surface area contributed by atoms with Gasteiger partial charge in [0, 0.05) is 23.7 Å². The summed E-state index contributed by atoms with van der Waals surface area (Å²) in [6.45, 7) is 0.283. The van der Waals surface area contributed by atoms with Gasteiger partial charge in [-0.2, -0.15) is 0 Å². The van der Waals surface area contributed by atoms with E-state index in [1.54, 1.807) is 29.8 Å². The lowest BCUT2D eigenvalue weighted by molar-refractivity contribution is 0.581. The molecule has 0 atom stereocenters. The van der Waals surface area contributed by atoms with Gasteiger partial charge in [0.1, 0.15) is 5.69 Å². The number of halogens is 1. The van der Waals surface area contributed by atoms with Crippen LogP contribution in [0.2, 0.25) is 5.02 Å². The van der Waals surface area contributed by atoms with Crippen molar-refractivity contribution >= 4 is 33.0 Å². The normalized spacial score (nSPS) is 11.7. The van der Waals surface area contributed by atoms with Crippen LogP contribution in [0.25, 0.3) is 10.6 Å². The van der Waals surface area contributed by atoms with Crippen molar-refractivity contribution in [3.8, 4) is 10.6 Å². The topological polar surface area (TPSA) is 74.8 Å². The fourth-order valence-corrected chi connectivity index (χ4v) is 4.05. The molecule has 5 nitrogen and oxygen atoms in total. The van der Waals surface area contributed by atoms with Crippen molar-refractivity contribution < 1.29 is 8.42 Å². The molecule has 0 spiro atoms. The van der Waals surface area contributed by atoms with Gasteiger partial charge >= 0.3 is 0 Å². The summed E-state index contributed by atoms with van der Waals surface area (Å²) in [4.78, 5) is 8.63. The lowest BCUT2D eigenvalue weighted by atomic mass is 10.2. The molecule has 3 aromatic rings. The number of hydrogen-bond donors (Lipinski definition) is 2. The molecule has 1 aromatic carbocycles. The Hall–Kier alpha value is -1.67. The summed E-state index contributed by atoms with van der Waals surface area (Å²) < 4.78 is 27.0. The Balaban J connectivity index is 1.66. The molecule has 0 saturated heterocycles. The molecule has 8 heteroatoms. The summed E-state index contributed by atoms with van der Waals surface area (Å²) in [7, 11) is -3.54. The molecule has 0 fully saturated rings. The molecule has 0 aliphatic rings. The zero-order valence-electron chi connectivity index (χ0n) is 12.0. The number of imidazole rings is 1. The molecule has 2 N–H and O–H groups in total. The van der Waals surface area contributed by atoms with Crippen LogP contribution in [0.1, 0.15) is 5.69 Å². The number of aromatic amines is 1. The van der Waals surface area contributed by atoms with Crippen LogP contribution in [0.15, 0.2) is 53.0 Å². The van der Waals surface area contributed by atoms with Crippen LogP contribution < -0.4 is 4.72 Å². The number of thiophene rings is 1. The van der Waals surface area contributed by atoms with Crippen molar-refractivity contribution in [3.63, 3.8) is 0 Å². The molecule has 2 aromatic heterocycles. The van der Waals surface area contributed by atoms with Gasteiger partial charge in [-0.25, -0.2) is 18.1 Å². The van der Waals surface area contributed by atoms with E-state index >= 15 is 0 Å². The molecule has 0 radical (unpaired) electrons. The van der Waals surface area contributed by atoms with Gasteiger partial charge in [0.2, 0.25) is 10.0 Å². The molecule has 0 amide bonds. The van der Waals surface area contributed by atoms with Crippen LogP contribution in [0.5, 0.6) is 0 Å². The molecular formula is C15H14ClN3O2S2. The van der Waals surface area contributed by atoms with Gasteiger partial charge < -0.3 is 4.98 Å². The first-order valence-corrected chi connectivity index (χ1v) is 9.62. The predicted molar refractivity (Wildman–Crippen MR) is 92.2 cm³/mol. The molecule has 0 unspecified atom stereocenters. The number of nitrogens with zero attached hydrogens (tertiary/aromatic N) is 1. The number of hydrogen-bond acceptors (Lipinski definition) is 4. The third-order valence-corrected chi connectivity index (χ3v) is 5.87. The van der Waals surface area contributed by atoms with Gasteiger partial charge in [-0.1, -0.05) is 17.7 Å². The van der Waals surface area contributed by atoms with Crippen LogP contribution in [-0.4, -0.2) is 24.9 Å². The molecule has 2 heterocycles. The molecule has 23 heavy (non-hydrogen) atoms. The minimum Gasteiger partial charge on any atom is -0.348 e. The van der Waals surface area contributed by atoms with E-state index in [-0.39, 0.29) is 11.4 Å². The second kappa shape index (κ2) is 6.84. The summed E-state index contributed by atoms with van der Waals surface area (Å²) >= 11 is 7.37. The monoisotopic (exact) mass is 367 g/mol. The van der Waals surface area contributed by atoms with Crippen molar-refractivity contribution in [3.05, 3.63) is 58.8 Å². The lowest BCUT2D eigenvalue weighted by Gasteiger charge is -2.07. The second-order valence-electron chi connectivity index (χ2n) is 4.81. The maximum Gasteiger partial charge on any atom is 0.240 e. The number of aromatic nitrogens is 2. The average molecular weight is 368 g/mol.